The zero-order valence-corrected chi connectivity index (χ0v) is 8.86. The second-order valence-electron chi connectivity index (χ2n) is 3.24. The van der Waals surface area contributed by atoms with Gasteiger partial charge < -0.3 is 20.7 Å². The van der Waals surface area contributed by atoms with E-state index in [-0.39, 0.29) is 12.1 Å². The van der Waals surface area contributed by atoms with Gasteiger partial charge in [0.2, 0.25) is 5.88 Å². The van der Waals surface area contributed by atoms with Crippen LogP contribution >= 0.6 is 0 Å². The smallest absolute Gasteiger partial charge is 0.506 e. The van der Waals surface area contributed by atoms with Crippen molar-refractivity contribution in [3.63, 3.8) is 0 Å². The summed E-state index contributed by atoms with van der Waals surface area (Å²) in [6, 6.07) is 0.800. The lowest BCUT2D eigenvalue weighted by atomic mass is 10.1. The number of aromatic hydroxyl groups is 1. The molecule has 1 rings (SSSR count). The van der Waals surface area contributed by atoms with Crippen LogP contribution in [0.25, 0.3) is 0 Å². The first-order valence-electron chi connectivity index (χ1n) is 4.62. The Kier molecular flexibility index (Phi) is 3.96. The van der Waals surface area contributed by atoms with E-state index in [2.05, 4.69) is 9.72 Å². The number of aromatic nitrogens is 1. The summed E-state index contributed by atoms with van der Waals surface area (Å²) in [6.45, 7) is -0.283. The molecule has 1 aromatic rings. The second kappa shape index (κ2) is 5.08. The Bertz CT molecular complexity index is 462. The van der Waals surface area contributed by atoms with Crippen molar-refractivity contribution in [1.29, 1.82) is 0 Å². The quantitative estimate of drug-likeness (QED) is 0.743. The molecule has 4 N–H and O–H groups in total. The first-order chi connectivity index (χ1) is 8.23. The fourth-order valence-corrected chi connectivity index (χ4v) is 1.21. The Labute approximate surface area is 98.8 Å². The summed E-state index contributed by atoms with van der Waals surface area (Å²) < 4.78 is 39.5. The van der Waals surface area contributed by atoms with Gasteiger partial charge in [0, 0.05) is 18.2 Å². The molecule has 1 aromatic heterocycles. The summed E-state index contributed by atoms with van der Waals surface area (Å²) in [5.41, 5.74) is 4.69. The number of carboxylic acids is 1. The molecule has 1 heterocycles. The predicted molar refractivity (Wildman–Crippen MR) is 51.8 cm³/mol. The third kappa shape index (κ3) is 3.77. The van der Waals surface area contributed by atoms with Crippen molar-refractivity contribution in [3.8, 4) is 11.6 Å². The molecule has 0 fully saturated rings. The molecule has 0 atom stereocenters. The highest BCUT2D eigenvalue weighted by Crippen LogP contribution is 2.28. The summed E-state index contributed by atoms with van der Waals surface area (Å²) in [6.07, 6.45) is -5.70. The number of ether oxygens (including phenoxy) is 1. The van der Waals surface area contributed by atoms with Gasteiger partial charge in [-0.2, -0.15) is 0 Å². The minimum absolute atomic E-state index is 0.0829. The first-order valence-corrected chi connectivity index (χ1v) is 4.62. The number of hydrogen-bond donors (Lipinski definition) is 3. The minimum Gasteiger partial charge on any atom is -0.506 e. The number of rotatable bonds is 4. The molecule has 0 aromatic carbocycles. The topological polar surface area (TPSA) is 106 Å². The maximum Gasteiger partial charge on any atom is 0.574 e. The van der Waals surface area contributed by atoms with Crippen LogP contribution in [-0.2, 0) is 17.8 Å². The largest absolute Gasteiger partial charge is 0.574 e. The van der Waals surface area contributed by atoms with Gasteiger partial charge in [-0.1, -0.05) is 0 Å². The fraction of sp³-hybridized carbons (Fsp3) is 0.333. The Morgan fingerprint density at radius 2 is 2.11 bits per heavy atom. The van der Waals surface area contributed by atoms with Crippen LogP contribution in [0.5, 0.6) is 11.6 Å². The van der Waals surface area contributed by atoms with Crippen LogP contribution < -0.4 is 10.5 Å². The summed E-state index contributed by atoms with van der Waals surface area (Å²) in [4.78, 5) is 13.7. The van der Waals surface area contributed by atoms with Gasteiger partial charge in [-0.25, -0.2) is 4.98 Å². The molecule has 0 aliphatic rings. The molecule has 0 bridgehead atoms. The van der Waals surface area contributed by atoms with E-state index < -0.39 is 36.1 Å². The molecular weight excluding hydrogens is 257 g/mol. The number of alkyl halides is 3. The Morgan fingerprint density at radius 1 is 1.50 bits per heavy atom. The average molecular weight is 266 g/mol. The van der Waals surface area contributed by atoms with Crippen molar-refractivity contribution in [2.45, 2.75) is 19.3 Å². The van der Waals surface area contributed by atoms with Gasteiger partial charge in [-0.05, 0) is 0 Å². The van der Waals surface area contributed by atoms with E-state index in [1.54, 1.807) is 0 Å². The van der Waals surface area contributed by atoms with Crippen molar-refractivity contribution < 1.29 is 32.9 Å². The molecule has 9 heteroatoms. The zero-order valence-electron chi connectivity index (χ0n) is 8.86. The lowest BCUT2D eigenvalue weighted by Gasteiger charge is -2.12. The van der Waals surface area contributed by atoms with Gasteiger partial charge in [0.15, 0.2) is 0 Å². The summed E-state index contributed by atoms with van der Waals surface area (Å²) in [5.74, 6) is -2.77. The fourth-order valence-electron chi connectivity index (χ4n) is 1.21. The summed E-state index contributed by atoms with van der Waals surface area (Å²) in [7, 11) is 0. The zero-order chi connectivity index (χ0) is 13.9. The van der Waals surface area contributed by atoms with Gasteiger partial charge in [0.25, 0.3) is 0 Å². The Hall–Kier alpha value is -2.03. The summed E-state index contributed by atoms with van der Waals surface area (Å²) in [5, 5.41) is 18.1. The normalized spacial score (nSPS) is 11.3. The lowest BCUT2D eigenvalue weighted by molar-refractivity contribution is -0.276. The number of carbonyl (C=O) groups is 1. The molecule has 0 radical (unpaired) electrons. The van der Waals surface area contributed by atoms with Crippen molar-refractivity contribution in [2.75, 3.05) is 0 Å². The molecule has 0 unspecified atom stereocenters. The maximum absolute atomic E-state index is 12.0. The molecule has 18 heavy (non-hydrogen) atoms. The third-order valence-corrected chi connectivity index (χ3v) is 1.88. The Balaban J connectivity index is 3.17. The second-order valence-corrected chi connectivity index (χ2v) is 3.24. The highest BCUT2D eigenvalue weighted by atomic mass is 19.4. The van der Waals surface area contributed by atoms with Gasteiger partial charge in [-0.3, -0.25) is 4.79 Å². The van der Waals surface area contributed by atoms with Crippen LogP contribution in [0.4, 0.5) is 13.2 Å². The van der Waals surface area contributed by atoms with Crippen LogP contribution in [0.2, 0.25) is 0 Å². The van der Waals surface area contributed by atoms with Gasteiger partial charge >= 0.3 is 12.3 Å². The van der Waals surface area contributed by atoms with E-state index >= 15 is 0 Å². The van der Waals surface area contributed by atoms with E-state index in [0.717, 1.165) is 6.07 Å². The molecule has 0 saturated heterocycles. The number of nitrogens with two attached hydrogens (primary N) is 1. The van der Waals surface area contributed by atoms with Gasteiger partial charge in [0.1, 0.15) is 5.75 Å². The predicted octanol–water partition coefficient (Wildman–Crippen LogP) is 0.772. The number of pyridine rings is 1. The van der Waals surface area contributed by atoms with Crippen LogP contribution in [0.3, 0.4) is 0 Å². The van der Waals surface area contributed by atoms with Crippen molar-refractivity contribution in [2.24, 2.45) is 5.73 Å². The third-order valence-electron chi connectivity index (χ3n) is 1.88. The summed E-state index contributed by atoms with van der Waals surface area (Å²) >= 11 is 0. The molecule has 0 aliphatic carbocycles. The van der Waals surface area contributed by atoms with E-state index in [1.165, 1.54) is 0 Å². The van der Waals surface area contributed by atoms with Gasteiger partial charge in [-0.15, -0.1) is 13.2 Å². The van der Waals surface area contributed by atoms with Gasteiger partial charge in [0.05, 0.1) is 12.1 Å². The van der Waals surface area contributed by atoms with Crippen LogP contribution in [-0.4, -0.2) is 27.5 Å². The number of carboxylic acid groups (broad SMARTS) is 1. The highest BCUT2D eigenvalue weighted by molar-refractivity contribution is 5.70. The molecule has 0 aliphatic heterocycles. The Morgan fingerprint density at radius 3 is 2.56 bits per heavy atom. The SMILES string of the molecule is NCc1cc(OC(F)(F)F)nc(CC(=O)O)c1O. The number of nitrogens with zero attached hydrogens (tertiary/aromatic N) is 1. The standard InChI is InChI=1S/C9H9F3N2O4/c10-9(11,12)18-6-1-4(3-13)8(17)5(14-6)2-7(15)16/h1,17H,2-3,13H2,(H,15,16). The van der Waals surface area contributed by atoms with Crippen molar-refractivity contribution in [1.82, 2.24) is 4.98 Å². The molecule has 6 nitrogen and oxygen atoms in total. The lowest BCUT2D eigenvalue weighted by Crippen LogP contribution is -2.19. The molecule has 0 amide bonds. The van der Waals surface area contributed by atoms with Crippen molar-refractivity contribution in [3.05, 3.63) is 17.3 Å². The number of aliphatic carboxylic acids is 1. The molecule has 100 valence electrons. The highest BCUT2D eigenvalue weighted by Gasteiger charge is 2.32. The monoisotopic (exact) mass is 266 g/mol. The van der Waals surface area contributed by atoms with Crippen LogP contribution in [0, 0.1) is 0 Å². The van der Waals surface area contributed by atoms with E-state index in [9.17, 15) is 23.1 Å². The first kappa shape index (κ1) is 14.0. The maximum atomic E-state index is 12.0. The van der Waals surface area contributed by atoms with Crippen LogP contribution in [0.1, 0.15) is 11.3 Å². The number of halogens is 3. The van der Waals surface area contributed by atoms with E-state index in [0.29, 0.717) is 0 Å². The average Bonchev–Trinajstić information content (AvgIpc) is 2.19. The van der Waals surface area contributed by atoms with Crippen LogP contribution in [0.15, 0.2) is 6.07 Å². The molecular formula is C9H9F3N2O4. The molecule has 0 spiro atoms. The minimum atomic E-state index is -4.96. The van der Waals surface area contributed by atoms with Crippen molar-refractivity contribution >= 4 is 5.97 Å². The van der Waals surface area contributed by atoms with E-state index in [1.807, 2.05) is 0 Å². The number of hydrogen-bond acceptors (Lipinski definition) is 5. The van der Waals surface area contributed by atoms with E-state index in [4.69, 9.17) is 10.8 Å². The molecule has 0 saturated carbocycles.